The number of amides is 1. The highest BCUT2D eigenvalue weighted by Gasteiger charge is 2.51. The first kappa shape index (κ1) is 18.8. The van der Waals surface area contributed by atoms with Crippen molar-refractivity contribution in [1.82, 2.24) is 4.90 Å². The zero-order valence-corrected chi connectivity index (χ0v) is 17.0. The van der Waals surface area contributed by atoms with Gasteiger partial charge < -0.3 is 9.84 Å². The summed E-state index contributed by atoms with van der Waals surface area (Å²) in [6.07, 6.45) is -0.268. The Morgan fingerprint density at radius 1 is 1.22 bits per heavy atom. The fourth-order valence-electron chi connectivity index (χ4n) is 3.54. The van der Waals surface area contributed by atoms with Crippen LogP contribution in [0.15, 0.2) is 40.2 Å². The molecule has 0 bridgehead atoms. The standard InChI is InChI=1S/C19H19BrN2O4S/c20-17-6-5-16(27-17)15(23)11-19(25)13-3-1-2-4-14(13)22(18(19)24)12-21-7-9-26-10-8-21/h1-6,25H,7-12H2/t19-/m0/s1. The smallest absolute Gasteiger partial charge is 0.265 e. The van der Waals surface area contributed by atoms with Crippen molar-refractivity contribution < 1.29 is 19.4 Å². The SMILES string of the molecule is O=C(C[C@@]1(O)C(=O)N(CN2CCOCC2)c2ccccc21)c1ccc(Br)s1. The van der Waals surface area contributed by atoms with Crippen molar-refractivity contribution in [2.45, 2.75) is 12.0 Å². The molecular formula is C19H19BrN2O4S. The van der Waals surface area contributed by atoms with Crippen LogP contribution in [-0.2, 0) is 15.1 Å². The molecule has 3 heterocycles. The van der Waals surface area contributed by atoms with Crippen LogP contribution in [0.2, 0.25) is 0 Å². The summed E-state index contributed by atoms with van der Waals surface area (Å²) in [7, 11) is 0. The third kappa shape index (κ3) is 3.48. The molecule has 1 amide bonds. The van der Waals surface area contributed by atoms with Crippen molar-refractivity contribution in [3.8, 4) is 0 Å². The second-order valence-electron chi connectivity index (χ2n) is 6.69. The van der Waals surface area contributed by atoms with Gasteiger partial charge in [-0.1, -0.05) is 18.2 Å². The van der Waals surface area contributed by atoms with Gasteiger partial charge in [0.15, 0.2) is 11.4 Å². The predicted octanol–water partition coefficient (Wildman–Crippen LogP) is 2.61. The number of hydrogen-bond donors (Lipinski definition) is 1. The highest BCUT2D eigenvalue weighted by Crippen LogP contribution is 2.43. The van der Waals surface area contributed by atoms with Crippen LogP contribution in [0, 0.1) is 0 Å². The summed E-state index contributed by atoms with van der Waals surface area (Å²) in [5.41, 5.74) is -0.681. The fourth-order valence-corrected chi connectivity index (χ4v) is 4.87. The summed E-state index contributed by atoms with van der Waals surface area (Å²) >= 11 is 4.64. The lowest BCUT2D eigenvalue weighted by molar-refractivity contribution is -0.136. The number of ketones is 1. The van der Waals surface area contributed by atoms with Gasteiger partial charge in [-0.15, -0.1) is 11.3 Å². The van der Waals surface area contributed by atoms with Crippen molar-refractivity contribution in [3.05, 3.63) is 50.6 Å². The number of carbonyl (C=O) groups excluding carboxylic acids is 2. The molecule has 0 spiro atoms. The maximum atomic E-state index is 13.2. The highest BCUT2D eigenvalue weighted by atomic mass is 79.9. The number of para-hydroxylation sites is 1. The average Bonchev–Trinajstić information content (AvgIpc) is 3.20. The van der Waals surface area contributed by atoms with Crippen molar-refractivity contribution >= 4 is 44.6 Å². The van der Waals surface area contributed by atoms with E-state index in [4.69, 9.17) is 4.74 Å². The van der Waals surface area contributed by atoms with Crippen molar-refractivity contribution in [1.29, 1.82) is 0 Å². The molecule has 4 rings (SSSR count). The van der Waals surface area contributed by atoms with Crippen LogP contribution in [0.1, 0.15) is 21.7 Å². The first-order chi connectivity index (χ1) is 13.0. The van der Waals surface area contributed by atoms with E-state index in [0.717, 1.165) is 16.9 Å². The van der Waals surface area contributed by atoms with E-state index in [9.17, 15) is 14.7 Å². The minimum absolute atomic E-state index is 0.246. The first-order valence-electron chi connectivity index (χ1n) is 8.71. The average molecular weight is 451 g/mol. The van der Waals surface area contributed by atoms with Gasteiger partial charge in [0, 0.05) is 18.7 Å². The molecule has 1 atom stereocenters. The summed E-state index contributed by atoms with van der Waals surface area (Å²) in [5, 5.41) is 11.3. The zero-order valence-electron chi connectivity index (χ0n) is 14.6. The Balaban J connectivity index is 1.62. The number of hydrogen-bond acceptors (Lipinski definition) is 6. The lowest BCUT2D eigenvalue weighted by atomic mass is 9.89. The minimum Gasteiger partial charge on any atom is -0.379 e. The fraction of sp³-hybridized carbons (Fsp3) is 0.368. The monoisotopic (exact) mass is 450 g/mol. The number of rotatable bonds is 5. The topological polar surface area (TPSA) is 70.1 Å². The van der Waals surface area contributed by atoms with E-state index in [2.05, 4.69) is 20.8 Å². The van der Waals surface area contributed by atoms with Gasteiger partial charge >= 0.3 is 0 Å². The van der Waals surface area contributed by atoms with Gasteiger partial charge in [0.05, 0.1) is 40.7 Å². The molecule has 8 heteroatoms. The second kappa shape index (κ2) is 7.44. The van der Waals surface area contributed by atoms with E-state index >= 15 is 0 Å². The molecule has 1 saturated heterocycles. The quantitative estimate of drug-likeness (QED) is 0.708. The van der Waals surface area contributed by atoms with E-state index in [-0.39, 0.29) is 12.2 Å². The first-order valence-corrected chi connectivity index (χ1v) is 10.3. The third-order valence-corrected chi connectivity index (χ3v) is 6.61. The van der Waals surface area contributed by atoms with Gasteiger partial charge in [-0.3, -0.25) is 19.4 Å². The predicted molar refractivity (Wildman–Crippen MR) is 106 cm³/mol. The number of Topliss-reactive ketones (excluding diaryl/α,β-unsaturated/α-hetero) is 1. The van der Waals surface area contributed by atoms with E-state index in [1.54, 1.807) is 29.2 Å². The van der Waals surface area contributed by atoms with Crippen LogP contribution in [0.4, 0.5) is 5.69 Å². The Morgan fingerprint density at radius 3 is 2.67 bits per heavy atom. The van der Waals surface area contributed by atoms with Gasteiger partial charge in [-0.05, 0) is 34.1 Å². The van der Waals surface area contributed by atoms with Crippen LogP contribution >= 0.6 is 27.3 Å². The summed E-state index contributed by atoms with van der Waals surface area (Å²) in [5.74, 6) is -0.691. The molecule has 6 nitrogen and oxygen atoms in total. The Morgan fingerprint density at radius 2 is 1.96 bits per heavy atom. The van der Waals surface area contributed by atoms with Gasteiger partial charge in [-0.2, -0.15) is 0 Å². The van der Waals surface area contributed by atoms with Gasteiger partial charge in [0.1, 0.15) is 0 Å². The summed E-state index contributed by atoms with van der Waals surface area (Å²) < 4.78 is 6.20. The number of aliphatic hydroxyl groups is 1. The molecule has 0 saturated carbocycles. The molecule has 0 aliphatic carbocycles. The lowest BCUT2D eigenvalue weighted by Crippen LogP contribution is -2.49. The maximum Gasteiger partial charge on any atom is 0.265 e. The van der Waals surface area contributed by atoms with E-state index in [0.29, 0.717) is 36.0 Å². The molecule has 1 fully saturated rings. The van der Waals surface area contributed by atoms with Gasteiger partial charge in [0.25, 0.3) is 5.91 Å². The number of carbonyl (C=O) groups is 2. The van der Waals surface area contributed by atoms with Gasteiger partial charge in [-0.25, -0.2) is 0 Å². The van der Waals surface area contributed by atoms with Crippen LogP contribution in [-0.4, -0.2) is 54.7 Å². The van der Waals surface area contributed by atoms with Crippen LogP contribution in [0.3, 0.4) is 0 Å². The number of thiophene rings is 1. The van der Waals surface area contributed by atoms with E-state index in [1.165, 1.54) is 11.3 Å². The Kier molecular flexibility index (Phi) is 5.17. The number of fused-ring (bicyclic) bond motifs is 1. The van der Waals surface area contributed by atoms with Crippen LogP contribution in [0.5, 0.6) is 0 Å². The van der Waals surface area contributed by atoms with Crippen molar-refractivity contribution in [2.75, 3.05) is 37.9 Å². The molecule has 2 aliphatic rings. The van der Waals surface area contributed by atoms with Crippen LogP contribution < -0.4 is 4.90 Å². The van der Waals surface area contributed by atoms with Crippen LogP contribution in [0.25, 0.3) is 0 Å². The summed E-state index contributed by atoms with van der Waals surface area (Å²) in [4.78, 5) is 30.1. The molecule has 1 aromatic carbocycles. The number of morpholine rings is 1. The molecule has 0 unspecified atom stereocenters. The maximum absolute atomic E-state index is 13.2. The molecule has 0 radical (unpaired) electrons. The molecule has 1 N–H and O–H groups in total. The Bertz CT molecular complexity index is 880. The Labute approximate surface area is 169 Å². The minimum atomic E-state index is -1.84. The zero-order chi connectivity index (χ0) is 19.0. The van der Waals surface area contributed by atoms with Crippen molar-refractivity contribution in [3.63, 3.8) is 0 Å². The third-order valence-electron chi connectivity index (χ3n) is 4.95. The molecule has 1 aromatic heterocycles. The highest BCUT2D eigenvalue weighted by molar-refractivity contribution is 9.11. The Hall–Kier alpha value is -1.58. The number of nitrogens with zero attached hydrogens (tertiary/aromatic N) is 2. The molecular weight excluding hydrogens is 432 g/mol. The number of benzene rings is 1. The number of halogens is 1. The largest absolute Gasteiger partial charge is 0.379 e. The van der Waals surface area contributed by atoms with Gasteiger partial charge in [0.2, 0.25) is 0 Å². The summed E-state index contributed by atoms with van der Waals surface area (Å²) in [6, 6.07) is 10.7. The molecule has 27 heavy (non-hydrogen) atoms. The number of anilines is 1. The number of ether oxygens (including phenoxy) is 1. The normalized spacial score (nSPS) is 22.9. The molecule has 2 aliphatic heterocycles. The van der Waals surface area contributed by atoms with E-state index in [1.807, 2.05) is 12.1 Å². The molecule has 2 aromatic rings. The lowest BCUT2D eigenvalue weighted by Gasteiger charge is -2.31. The van der Waals surface area contributed by atoms with E-state index < -0.39 is 11.5 Å². The second-order valence-corrected chi connectivity index (χ2v) is 9.15. The van der Waals surface area contributed by atoms with Crippen molar-refractivity contribution in [2.24, 2.45) is 0 Å². The summed E-state index contributed by atoms with van der Waals surface area (Å²) in [6.45, 7) is 3.08. The molecule has 142 valence electrons.